The van der Waals surface area contributed by atoms with Crippen LogP contribution in [0.3, 0.4) is 0 Å². The highest BCUT2D eigenvalue weighted by atomic mass is 15.1. The smallest absolute Gasteiger partial charge is 0.296 e. The summed E-state index contributed by atoms with van der Waals surface area (Å²) in [6.07, 6.45) is 0. The van der Waals surface area contributed by atoms with Crippen LogP contribution in [0.2, 0.25) is 0 Å². The largest absolute Gasteiger partial charge is 0.338 e. The van der Waals surface area contributed by atoms with Crippen molar-refractivity contribution in [3.05, 3.63) is 59.8 Å². The highest BCUT2D eigenvalue weighted by molar-refractivity contribution is 6.61. The molecule has 1 aliphatic heterocycles. The molecule has 0 bridgehead atoms. The number of H-pyrrole nitrogens is 1. The molecule has 0 aliphatic carbocycles. The van der Waals surface area contributed by atoms with Gasteiger partial charge in [0.1, 0.15) is 5.69 Å². The second-order valence-electron chi connectivity index (χ2n) is 4.44. The Labute approximate surface area is 105 Å². The van der Waals surface area contributed by atoms with E-state index in [1.54, 1.807) is 0 Å². The average molecular weight is 231 g/mol. The molecule has 0 spiro atoms. The van der Waals surface area contributed by atoms with Crippen molar-refractivity contribution in [3.63, 3.8) is 0 Å². The minimum atomic E-state index is 0.757. The van der Waals surface area contributed by atoms with E-state index >= 15 is 0 Å². The Hall–Kier alpha value is -2.36. The first-order chi connectivity index (χ1) is 8.93. The maximum absolute atomic E-state index is 4.63. The monoisotopic (exact) mass is 231 g/mol. The number of fused-ring (bicyclic) bond motifs is 2. The van der Waals surface area contributed by atoms with Gasteiger partial charge in [-0.2, -0.15) is 5.10 Å². The summed E-state index contributed by atoms with van der Waals surface area (Å²) in [4.78, 5) is 4.63. The van der Waals surface area contributed by atoms with Crippen LogP contribution in [0.1, 0.15) is 11.3 Å². The van der Waals surface area contributed by atoms with Gasteiger partial charge in [-0.1, -0.05) is 42.5 Å². The molecule has 0 fully saturated rings. The van der Waals surface area contributed by atoms with E-state index in [4.69, 9.17) is 0 Å². The quantitative estimate of drug-likeness (QED) is 0.631. The first kappa shape index (κ1) is 9.65. The fourth-order valence-electron chi connectivity index (χ4n) is 2.49. The summed E-state index contributed by atoms with van der Waals surface area (Å²) in [6, 6.07) is 16.5. The van der Waals surface area contributed by atoms with Crippen molar-refractivity contribution in [1.82, 2.24) is 10.2 Å². The third-order valence-corrected chi connectivity index (χ3v) is 3.37. The fraction of sp³-hybridized carbons (Fsp3) is 0. The molecule has 0 radical (unpaired) electrons. The van der Waals surface area contributed by atoms with Crippen LogP contribution in [0.5, 0.6) is 0 Å². The Morgan fingerprint density at radius 1 is 0.944 bits per heavy atom. The number of benzene rings is 2. The molecule has 0 saturated carbocycles. The van der Waals surface area contributed by atoms with E-state index in [1.807, 2.05) is 18.2 Å². The Bertz CT molecular complexity index is 773. The van der Waals surface area contributed by atoms with Gasteiger partial charge < -0.3 is 4.90 Å². The van der Waals surface area contributed by atoms with Crippen LogP contribution in [0.4, 0.5) is 0 Å². The number of nitrogens with zero attached hydrogens (tertiary/aromatic N) is 2. The summed E-state index contributed by atoms with van der Waals surface area (Å²) in [6.45, 7) is 0. The zero-order valence-corrected chi connectivity index (χ0v) is 9.72. The maximum Gasteiger partial charge on any atom is 0.296 e. The van der Waals surface area contributed by atoms with E-state index in [2.05, 4.69) is 45.4 Å². The molecule has 18 heavy (non-hydrogen) atoms. The SMILES string of the molecule is B1N=C(c2n[nH]c3ccccc23)c2ccccc21. The molecule has 3 aromatic rings. The number of aromatic nitrogens is 2. The molecule has 0 amide bonds. The van der Waals surface area contributed by atoms with Gasteiger partial charge in [-0.3, -0.25) is 5.10 Å². The minimum absolute atomic E-state index is 0.757. The molecular formula is C14H10BN3. The van der Waals surface area contributed by atoms with Gasteiger partial charge in [0, 0.05) is 5.39 Å². The number of hydrogen-bond acceptors (Lipinski definition) is 2. The van der Waals surface area contributed by atoms with Crippen LogP contribution in [0, 0.1) is 0 Å². The number of rotatable bonds is 1. The van der Waals surface area contributed by atoms with Crippen LogP contribution in [-0.2, 0) is 0 Å². The zero-order chi connectivity index (χ0) is 11.9. The highest BCUT2D eigenvalue weighted by Crippen LogP contribution is 2.20. The minimum Gasteiger partial charge on any atom is -0.338 e. The molecule has 1 aliphatic rings. The van der Waals surface area contributed by atoms with E-state index in [9.17, 15) is 0 Å². The van der Waals surface area contributed by atoms with Gasteiger partial charge in [-0.25, -0.2) is 0 Å². The van der Waals surface area contributed by atoms with Crippen molar-refractivity contribution >= 4 is 29.5 Å². The molecule has 2 aromatic carbocycles. The van der Waals surface area contributed by atoms with E-state index in [0.717, 1.165) is 29.7 Å². The summed E-state index contributed by atoms with van der Waals surface area (Å²) in [5, 5.41) is 8.62. The van der Waals surface area contributed by atoms with E-state index in [-0.39, 0.29) is 0 Å². The predicted molar refractivity (Wildman–Crippen MR) is 75.0 cm³/mol. The Balaban J connectivity index is 1.95. The number of para-hydroxylation sites is 1. The standard InChI is InChI=1S/C14H10BN3/c1-3-7-11-9(5-1)13(16-15-11)14-10-6-2-4-8-12(10)17-18-14/h1-8,15H,(H,17,18). The molecule has 3 nitrogen and oxygen atoms in total. The molecule has 84 valence electrons. The second-order valence-corrected chi connectivity index (χ2v) is 4.44. The van der Waals surface area contributed by atoms with Crippen LogP contribution in [0.15, 0.2) is 53.4 Å². The fourth-order valence-corrected chi connectivity index (χ4v) is 2.49. The van der Waals surface area contributed by atoms with Gasteiger partial charge in [0.2, 0.25) is 0 Å². The maximum atomic E-state index is 4.63. The Morgan fingerprint density at radius 3 is 2.78 bits per heavy atom. The van der Waals surface area contributed by atoms with Crippen molar-refractivity contribution in [2.75, 3.05) is 0 Å². The van der Waals surface area contributed by atoms with Gasteiger partial charge in [-0.15, -0.1) is 0 Å². The molecule has 2 heterocycles. The van der Waals surface area contributed by atoms with Gasteiger partial charge in [-0.05, 0) is 17.1 Å². The van der Waals surface area contributed by atoms with Crippen molar-refractivity contribution in [2.45, 2.75) is 0 Å². The zero-order valence-electron chi connectivity index (χ0n) is 9.72. The molecular weight excluding hydrogens is 221 g/mol. The average Bonchev–Trinajstić information content (AvgIpc) is 3.01. The van der Waals surface area contributed by atoms with Gasteiger partial charge in [0.15, 0.2) is 0 Å². The summed E-state index contributed by atoms with van der Waals surface area (Å²) in [5.41, 5.74) is 5.49. The van der Waals surface area contributed by atoms with E-state index < -0.39 is 0 Å². The van der Waals surface area contributed by atoms with Crippen LogP contribution < -0.4 is 5.46 Å². The molecule has 0 saturated heterocycles. The lowest BCUT2D eigenvalue weighted by atomic mass is 9.83. The van der Waals surface area contributed by atoms with Gasteiger partial charge >= 0.3 is 0 Å². The summed E-state index contributed by atoms with van der Waals surface area (Å²) >= 11 is 0. The van der Waals surface area contributed by atoms with Crippen LogP contribution in [-0.4, -0.2) is 23.3 Å². The topological polar surface area (TPSA) is 41.0 Å². The molecule has 4 heteroatoms. The van der Waals surface area contributed by atoms with Crippen molar-refractivity contribution < 1.29 is 0 Å². The third-order valence-electron chi connectivity index (χ3n) is 3.37. The van der Waals surface area contributed by atoms with E-state index in [0.29, 0.717) is 0 Å². The summed E-state index contributed by atoms with van der Waals surface area (Å²) < 4.78 is 0. The van der Waals surface area contributed by atoms with Crippen LogP contribution >= 0.6 is 0 Å². The number of hydrogen-bond donors (Lipinski definition) is 1. The molecule has 4 rings (SSSR count). The Kier molecular flexibility index (Phi) is 1.91. The van der Waals surface area contributed by atoms with Crippen molar-refractivity contribution in [2.24, 2.45) is 4.90 Å². The molecule has 1 N–H and O–H groups in total. The van der Waals surface area contributed by atoms with Gasteiger partial charge in [0.25, 0.3) is 7.41 Å². The van der Waals surface area contributed by atoms with Crippen molar-refractivity contribution in [3.8, 4) is 0 Å². The van der Waals surface area contributed by atoms with E-state index in [1.165, 1.54) is 11.0 Å². The third kappa shape index (κ3) is 1.26. The molecule has 1 aromatic heterocycles. The second kappa shape index (κ2) is 3.57. The lowest BCUT2D eigenvalue weighted by Crippen LogP contribution is -2.13. The lowest BCUT2D eigenvalue weighted by molar-refractivity contribution is 1.11. The summed E-state index contributed by atoms with van der Waals surface area (Å²) in [5.74, 6) is 0. The van der Waals surface area contributed by atoms with Crippen LogP contribution in [0.25, 0.3) is 10.9 Å². The molecule has 0 atom stereocenters. The predicted octanol–water partition coefficient (Wildman–Crippen LogP) is 1.39. The first-order valence-corrected chi connectivity index (χ1v) is 6.00. The number of aromatic amines is 1. The lowest BCUT2D eigenvalue weighted by Gasteiger charge is -2.01. The number of nitrogens with one attached hydrogen (secondary N) is 1. The highest BCUT2D eigenvalue weighted by Gasteiger charge is 2.21. The normalized spacial score (nSPS) is 13.2. The van der Waals surface area contributed by atoms with Crippen molar-refractivity contribution in [1.29, 1.82) is 0 Å². The summed E-state index contributed by atoms with van der Waals surface area (Å²) in [7, 11) is 0.757. The van der Waals surface area contributed by atoms with Gasteiger partial charge in [0.05, 0.1) is 11.2 Å². The Morgan fingerprint density at radius 2 is 1.78 bits per heavy atom. The molecule has 0 unspecified atom stereocenters. The first-order valence-electron chi connectivity index (χ1n) is 6.00.